The highest BCUT2D eigenvalue weighted by atomic mass is 35.5. The lowest BCUT2D eigenvalue weighted by atomic mass is 10.1. The molecule has 1 aromatic heterocycles. The predicted octanol–water partition coefficient (Wildman–Crippen LogP) is 6.86. The molecule has 0 unspecified atom stereocenters. The molecule has 0 atom stereocenters. The summed E-state index contributed by atoms with van der Waals surface area (Å²) in [4.78, 5) is 12.9. The van der Waals surface area contributed by atoms with E-state index >= 15 is 0 Å². The van der Waals surface area contributed by atoms with Crippen LogP contribution in [0.4, 0.5) is 5.69 Å². The summed E-state index contributed by atoms with van der Waals surface area (Å²) in [5.41, 5.74) is 8.10. The first-order chi connectivity index (χ1) is 16.2. The molecule has 174 valence electrons. The molecule has 5 nitrogen and oxygen atoms in total. The third-order valence-corrected chi connectivity index (χ3v) is 6.89. The van der Waals surface area contributed by atoms with Crippen molar-refractivity contribution in [3.8, 4) is 17.1 Å². The summed E-state index contributed by atoms with van der Waals surface area (Å²) in [7, 11) is 0. The van der Waals surface area contributed by atoms with Crippen LogP contribution in [0.5, 0.6) is 0 Å². The van der Waals surface area contributed by atoms with Crippen molar-refractivity contribution in [3.05, 3.63) is 87.4 Å². The van der Waals surface area contributed by atoms with Gasteiger partial charge in [-0.15, -0.1) is 10.2 Å². The van der Waals surface area contributed by atoms with Gasteiger partial charge in [0.15, 0.2) is 11.0 Å². The van der Waals surface area contributed by atoms with E-state index in [-0.39, 0.29) is 11.7 Å². The minimum Gasteiger partial charge on any atom is -0.325 e. The highest BCUT2D eigenvalue weighted by molar-refractivity contribution is 7.99. The third kappa shape index (κ3) is 5.03. The summed E-state index contributed by atoms with van der Waals surface area (Å²) >= 11 is 7.86. The number of thioether (sulfide) groups is 1. The Kier molecular flexibility index (Phi) is 7.10. The second kappa shape index (κ2) is 10.0. The number of carbonyl (C=O) groups is 1. The summed E-state index contributed by atoms with van der Waals surface area (Å²) in [6.45, 7) is 10.2. The molecule has 0 spiro atoms. The highest BCUT2D eigenvalue weighted by Gasteiger charge is 2.20. The van der Waals surface area contributed by atoms with Crippen molar-refractivity contribution >= 4 is 35.0 Å². The fourth-order valence-electron chi connectivity index (χ4n) is 4.04. The highest BCUT2D eigenvalue weighted by Crippen LogP contribution is 2.33. The van der Waals surface area contributed by atoms with Crippen molar-refractivity contribution in [1.82, 2.24) is 14.8 Å². The summed E-state index contributed by atoms with van der Waals surface area (Å²) in [6, 6.07) is 18.0. The minimum absolute atomic E-state index is 0.0881. The van der Waals surface area contributed by atoms with E-state index in [9.17, 15) is 4.79 Å². The van der Waals surface area contributed by atoms with Crippen molar-refractivity contribution in [3.63, 3.8) is 0 Å². The van der Waals surface area contributed by atoms with Gasteiger partial charge >= 0.3 is 0 Å². The number of aromatic nitrogens is 3. The maximum absolute atomic E-state index is 12.9. The van der Waals surface area contributed by atoms with Gasteiger partial charge in [-0.25, -0.2) is 0 Å². The van der Waals surface area contributed by atoms with E-state index < -0.39 is 0 Å². The molecule has 7 heteroatoms. The van der Waals surface area contributed by atoms with Gasteiger partial charge in [0.05, 0.1) is 16.5 Å². The average molecular weight is 491 g/mol. The number of rotatable bonds is 6. The number of halogens is 1. The monoisotopic (exact) mass is 490 g/mol. The molecule has 0 bridgehead atoms. The van der Waals surface area contributed by atoms with Crippen LogP contribution >= 0.6 is 23.4 Å². The van der Waals surface area contributed by atoms with Gasteiger partial charge in [-0.3, -0.25) is 9.36 Å². The molecule has 0 aliphatic carbocycles. The van der Waals surface area contributed by atoms with Crippen LogP contribution in [0.3, 0.4) is 0 Å². The molecule has 0 saturated heterocycles. The molecule has 4 rings (SSSR count). The quantitative estimate of drug-likeness (QED) is 0.300. The number of nitrogens with one attached hydrogen (secondary N) is 1. The van der Waals surface area contributed by atoms with Crippen LogP contribution in [-0.2, 0) is 4.79 Å². The van der Waals surface area contributed by atoms with Gasteiger partial charge in [-0.1, -0.05) is 65.3 Å². The number of aryl methyl sites for hydroxylation is 5. The van der Waals surface area contributed by atoms with Crippen LogP contribution in [0.1, 0.15) is 27.8 Å². The fraction of sp³-hybridized carbons (Fsp3) is 0.222. The topological polar surface area (TPSA) is 59.8 Å². The summed E-state index contributed by atoms with van der Waals surface area (Å²) in [6.07, 6.45) is 0. The molecule has 3 aromatic carbocycles. The summed E-state index contributed by atoms with van der Waals surface area (Å²) in [5, 5.41) is 13.2. The van der Waals surface area contributed by atoms with Crippen molar-refractivity contribution < 1.29 is 4.79 Å². The van der Waals surface area contributed by atoms with Gasteiger partial charge in [-0.05, 0) is 75.1 Å². The maximum Gasteiger partial charge on any atom is 0.234 e. The van der Waals surface area contributed by atoms with E-state index in [1.54, 1.807) is 0 Å². The number of benzene rings is 3. The Hall–Kier alpha value is -3.09. The number of anilines is 1. The molecule has 0 radical (unpaired) electrons. The van der Waals surface area contributed by atoms with Crippen molar-refractivity contribution in [2.45, 2.75) is 39.8 Å². The van der Waals surface area contributed by atoms with Crippen LogP contribution in [0.2, 0.25) is 5.02 Å². The first kappa shape index (κ1) is 24.0. The number of carbonyl (C=O) groups excluding carboxylic acids is 1. The van der Waals surface area contributed by atoms with Crippen LogP contribution < -0.4 is 5.32 Å². The molecule has 0 aliphatic heterocycles. The second-order valence-corrected chi connectivity index (χ2v) is 9.87. The van der Waals surface area contributed by atoms with E-state index in [1.807, 2.05) is 42.7 Å². The lowest BCUT2D eigenvalue weighted by molar-refractivity contribution is -0.113. The number of amides is 1. The van der Waals surface area contributed by atoms with Crippen LogP contribution in [-0.4, -0.2) is 26.4 Å². The van der Waals surface area contributed by atoms with Gasteiger partial charge in [-0.2, -0.15) is 0 Å². The number of hydrogen-bond acceptors (Lipinski definition) is 4. The fourth-order valence-corrected chi connectivity index (χ4v) is 5.01. The van der Waals surface area contributed by atoms with E-state index in [0.717, 1.165) is 39.2 Å². The smallest absolute Gasteiger partial charge is 0.234 e. The Balaban J connectivity index is 1.67. The van der Waals surface area contributed by atoms with E-state index in [0.29, 0.717) is 16.0 Å². The predicted molar refractivity (Wildman–Crippen MR) is 141 cm³/mol. The maximum atomic E-state index is 12.9. The van der Waals surface area contributed by atoms with E-state index in [4.69, 9.17) is 11.6 Å². The van der Waals surface area contributed by atoms with Crippen molar-refractivity contribution in [1.29, 1.82) is 0 Å². The second-order valence-electron chi connectivity index (χ2n) is 8.52. The Labute approximate surface area is 209 Å². The largest absolute Gasteiger partial charge is 0.325 e. The molecule has 1 N–H and O–H groups in total. The van der Waals surface area contributed by atoms with Gasteiger partial charge in [0.2, 0.25) is 5.91 Å². The van der Waals surface area contributed by atoms with E-state index in [1.165, 1.54) is 17.3 Å². The van der Waals surface area contributed by atoms with Crippen LogP contribution in [0.25, 0.3) is 17.1 Å². The van der Waals surface area contributed by atoms with Crippen LogP contribution in [0.15, 0.2) is 59.8 Å². The number of nitrogens with zero attached hydrogens (tertiary/aromatic N) is 3. The van der Waals surface area contributed by atoms with Gasteiger partial charge < -0.3 is 5.32 Å². The van der Waals surface area contributed by atoms with Gasteiger partial charge in [0.25, 0.3) is 0 Å². The van der Waals surface area contributed by atoms with E-state index in [2.05, 4.69) is 66.6 Å². The summed E-state index contributed by atoms with van der Waals surface area (Å²) < 4.78 is 1.99. The third-order valence-electron chi connectivity index (χ3n) is 5.63. The minimum atomic E-state index is -0.0881. The van der Waals surface area contributed by atoms with Crippen molar-refractivity contribution in [2.24, 2.45) is 0 Å². The first-order valence-corrected chi connectivity index (χ1v) is 12.4. The zero-order chi connectivity index (χ0) is 24.4. The molecular weight excluding hydrogens is 464 g/mol. The molecule has 34 heavy (non-hydrogen) atoms. The standard InChI is InChI=1S/C27H27ClN4OS/c1-16-10-11-18(3)23(14-16)32-26(21-8-6-7-9-22(21)28)30-31-27(32)34-15-24(33)29-25-19(4)12-17(2)13-20(25)5/h6-14H,15H2,1-5H3,(H,29,33). The number of hydrogen-bond donors (Lipinski definition) is 1. The SMILES string of the molecule is Cc1cc(C)c(NC(=O)CSc2nnc(-c3ccccc3Cl)n2-c2cc(C)ccc2C)c(C)c1. The molecular formula is C27H27ClN4OS. The lowest BCUT2D eigenvalue weighted by Crippen LogP contribution is -2.16. The normalized spacial score (nSPS) is 11.0. The van der Waals surface area contributed by atoms with Gasteiger partial charge in [0, 0.05) is 11.3 Å². The molecule has 0 aliphatic rings. The Bertz CT molecular complexity index is 1360. The Morgan fingerprint density at radius 1 is 0.912 bits per heavy atom. The van der Waals surface area contributed by atoms with Crippen LogP contribution in [0, 0.1) is 34.6 Å². The molecule has 4 aromatic rings. The Morgan fingerprint density at radius 2 is 1.62 bits per heavy atom. The molecule has 0 saturated carbocycles. The molecule has 1 heterocycles. The average Bonchev–Trinajstić information content (AvgIpc) is 3.20. The zero-order valence-electron chi connectivity index (χ0n) is 19.9. The van der Waals surface area contributed by atoms with Gasteiger partial charge in [0.1, 0.15) is 0 Å². The molecule has 1 amide bonds. The van der Waals surface area contributed by atoms with Crippen molar-refractivity contribution in [2.75, 3.05) is 11.1 Å². The lowest BCUT2D eigenvalue weighted by Gasteiger charge is -2.15. The molecule has 0 fully saturated rings. The Morgan fingerprint density at radius 3 is 2.32 bits per heavy atom. The zero-order valence-corrected chi connectivity index (χ0v) is 21.5. The first-order valence-electron chi connectivity index (χ1n) is 11.0. The summed E-state index contributed by atoms with van der Waals surface area (Å²) in [5.74, 6) is 0.764.